The molecular weight excluding hydrogens is 338 g/mol. The van der Waals surface area contributed by atoms with Crippen molar-refractivity contribution >= 4 is 23.2 Å². The fourth-order valence-electron chi connectivity index (χ4n) is 2.89. The highest BCUT2D eigenvalue weighted by molar-refractivity contribution is 6.02. The molecule has 144 valence electrons. The summed E-state index contributed by atoms with van der Waals surface area (Å²) in [5.74, 6) is 0.377. The normalized spacial score (nSPS) is 18.2. The predicted octanol–water partition coefficient (Wildman–Crippen LogP) is 4.69. The van der Waals surface area contributed by atoms with Crippen molar-refractivity contribution in [3.05, 3.63) is 53.6 Å². The van der Waals surface area contributed by atoms with Crippen LogP contribution in [0.15, 0.2) is 53.2 Å². The zero-order valence-corrected chi connectivity index (χ0v) is 16.6. The maximum absolute atomic E-state index is 12.3. The largest absolute Gasteiger partial charge is 0.326 e. The minimum absolute atomic E-state index is 0.0276. The fourth-order valence-corrected chi connectivity index (χ4v) is 2.89. The third-order valence-corrected chi connectivity index (χ3v) is 4.62. The molecule has 0 radical (unpaired) electrons. The van der Waals surface area contributed by atoms with Crippen molar-refractivity contribution in [3.8, 4) is 0 Å². The molecule has 0 aliphatic heterocycles. The molecule has 0 aromatic heterocycles. The number of rotatable bonds is 6. The molecule has 0 spiro atoms. The minimum atomic E-state index is -0.271. The molecule has 0 fully saturated rings. The summed E-state index contributed by atoms with van der Waals surface area (Å²) in [5, 5.41) is 7.15. The van der Waals surface area contributed by atoms with Gasteiger partial charge in [-0.3, -0.25) is 9.59 Å². The SMILES string of the molecule is C=C(C)C1CC=C(C)/C(=N\NC(=O)c2ccc(NC(=O)CC(C)C)cc2)C1. The van der Waals surface area contributed by atoms with Crippen LogP contribution in [0.4, 0.5) is 5.69 Å². The van der Waals surface area contributed by atoms with Gasteiger partial charge in [0.25, 0.3) is 5.91 Å². The predicted molar refractivity (Wildman–Crippen MR) is 111 cm³/mol. The van der Waals surface area contributed by atoms with Crippen LogP contribution in [0.25, 0.3) is 0 Å². The second-order valence-corrected chi connectivity index (χ2v) is 7.59. The van der Waals surface area contributed by atoms with Crippen molar-refractivity contribution in [2.75, 3.05) is 5.32 Å². The Morgan fingerprint density at radius 3 is 2.52 bits per heavy atom. The number of anilines is 1. The van der Waals surface area contributed by atoms with E-state index in [1.54, 1.807) is 24.3 Å². The van der Waals surface area contributed by atoms with Crippen LogP contribution in [0.3, 0.4) is 0 Å². The lowest BCUT2D eigenvalue weighted by atomic mass is 9.85. The van der Waals surface area contributed by atoms with E-state index in [1.165, 1.54) is 0 Å². The van der Waals surface area contributed by atoms with E-state index < -0.39 is 0 Å². The van der Waals surface area contributed by atoms with Gasteiger partial charge in [0.2, 0.25) is 5.91 Å². The number of amides is 2. The van der Waals surface area contributed by atoms with E-state index in [-0.39, 0.29) is 11.8 Å². The summed E-state index contributed by atoms with van der Waals surface area (Å²) >= 11 is 0. The number of hydrogen-bond acceptors (Lipinski definition) is 3. The minimum Gasteiger partial charge on any atom is -0.326 e. The number of nitrogens with zero attached hydrogens (tertiary/aromatic N) is 1. The Hall–Kier alpha value is -2.69. The number of hydrazone groups is 1. The summed E-state index contributed by atoms with van der Waals surface area (Å²) in [7, 11) is 0. The number of hydrogen-bond donors (Lipinski definition) is 2. The van der Waals surface area contributed by atoms with Crippen LogP contribution in [0.1, 0.15) is 57.3 Å². The average Bonchev–Trinajstić information content (AvgIpc) is 2.60. The van der Waals surface area contributed by atoms with Crippen molar-refractivity contribution in [1.29, 1.82) is 0 Å². The highest BCUT2D eigenvalue weighted by Gasteiger charge is 2.19. The first kappa shape index (κ1) is 20.6. The summed E-state index contributed by atoms with van der Waals surface area (Å²) < 4.78 is 0. The van der Waals surface area contributed by atoms with E-state index in [4.69, 9.17) is 0 Å². The summed E-state index contributed by atoms with van der Waals surface area (Å²) in [6.45, 7) is 12.0. The van der Waals surface area contributed by atoms with Gasteiger partial charge in [0.15, 0.2) is 0 Å². The fraction of sp³-hybridized carbons (Fsp3) is 0.409. The smallest absolute Gasteiger partial charge is 0.271 e. The van der Waals surface area contributed by atoms with Crippen LogP contribution in [0.2, 0.25) is 0 Å². The quantitative estimate of drug-likeness (QED) is 0.566. The third kappa shape index (κ3) is 6.20. The molecule has 1 aromatic rings. The number of carbonyl (C=O) groups is 2. The topological polar surface area (TPSA) is 70.6 Å². The summed E-state index contributed by atoms with van der Waals surface area (Å²) in [5.41, 5.74) is 6.93. The molecule has 2 N–H and O–H groups in total. The van der Waals surface area contributed by atoms with E-state index >= 15 is 0 Å². The highest BCUT2D eigenvalue weighted by atomic mass is 16.2. The van der Waals surface area contributed by atoms with Gasteiger partial charge in [-0.2, -0.15) is 5.10 Å². The molecule has 0 heterocycles. The van der Waals surface area contributed by atoms with Gasteiger partial charge < -0.3 is 5.32 Å². The molecule has 27 heavy (non-hydrogen) atoms. The van der Waals surface area contributed by atoms with Crippen molar-refractivity contribution < 1.29 is 9.59 Å². The molecule has 0 bridgehead atoms. The van der Waals surface area contributed by atoms with E-state index in [9.17, 15) is 9.59 Å². The van der Waals surface area contributed by atoms with Crippen LogP contribution in [-0.2, 0) is 4.79 Å². The number of benzene rings is 1. The molecule has 1 unspecified atom stereocenters. The highest BCUT2D eigenvalue weighted by Crippen LogP contribution is 2.26. The molecule has 1 aliphatic carbocycles. The summed E-state index contributed by atoms with van der Waals surface area (Å²) in [4.78, 5) is 24.2. The van der Waals surface area contributed by atoms with Crippen LogP contribution >= 0.6 is 0 Å². The second kappa shape index (κ2) is 9.31. The van der Waals surface area contributed by atoms with Gasteiger partial charge >= 0.3 is 0 Å². The van der Waals surface area contributed by atoms with Crippen LogP contribution in [0, 0.1) is 11.8 Å². The molecule has 0 saturated heterocycles. The van der Waals surface area contributed by atoms with Gasteiger partial charge in [-0.15, -0.1) is 0 Å². The lowest BCUT2D eigenvalue weighted by Gasteiger charge is -2.22. The molecule has 1 atom stereocenters. The lowest BCUT2D eigenvalue weighted by Crippen LogP contribution is -2.23. The van der Waals surface area contributed by atoms with Crippen LogP contribution < -0.4 is 10.7 Å². The first-order valence-corrected chi connectivity index (χ1v) is 9.35. The molecule has 5 nitrogen and oxygen atoms in total. The molecular formula is C22H29N3O2. The molecule has 0 saturated carbocycles. The summed E-state index contributed by atoms with van der Waals surface area (Å²) in [6.07, 6.45) is 4.37. The zero-order valence-electron chi connectivity index (χ0n) is 16.6. The molecule has 1 aliphatic rings. The van der Waals surface area contributed by atoms with Gasteiger partial charge in [0, 0.05) is 17.7 Å². The third-order valence-electron chi connectivity index (χ3n) is 4.62. The van der Waals surface area contributed by atoms with Crippen molar-refractivity contribution in [3.63, 3.8) is 0 Å². The molecule has 2 amide bonds. The maximum Gasteiger partial charge on any atom is 0.271 e. The first-order valence-electron chi connectivity index (χ1n) is 9.35. The van der Waals surface area contributed by atoms with E-state index in [0.717, 1.165) is 29.7 Å². The number of allylic oxidation sites excluding steroid dienone is 3. The van der Waals surface area contributed by atoms with Crippen molar-refractivity contribution in [1.82, 2.24) is 5.43 Å². The van der Waals surface area contributed by atoms with Crippen LogP contribution in [0.5, 0.6) is 0 Å². The Kier molecular flexibility index (Phi) is 7.11. The van der Waals surface area contributed by atoms with Crippen molar-refractivity contribution in [2.45, 2.75) is 47.0 Å². The zero-order chi connectivity index (χ0) is 20.0. The van der Waals surface area contributed by atoms with Gasteiger partial charge in [-0.1, -0.05) is 32.1 Å². The first-order chi connectivity index (χ1) is 12.8. The second-order valence-electron chi connectivity index (χ2n) is 7.59. The monoisotopic (exact) mass is 367 g/mol. The molecule has 1 aromatic carbocycles. The van der Waals surface area contributed by atoms with Gasteiger partial charge in [-0.05, 0) is 68.4 Å². The Morgan fingerprint density at radius 1 is 1.26 bits per heavy atom. The summed E-state index contributed by atoms with van der Waals surface area (Å²) in [6, 6.07) is 6.81. The Morgan fingerprint density at radius 2 is 1.93 bits per heavy atom. The van der Waals surface area contributed by atoms with Gasteiger partial charge in [0.1, 0.15) is 0 Å². The standard InChI is InChI=1S/C22H29N3O2/c1-14(2)12-21(26)23-19-10-8-17(9-11-19)22(27)25-24-20-13-18(15(3)4)7-6-16(20)5/h6,8-11,14,18H,3,7,12-13H2,1-2,4-5H3,(H,23,26)(H,25,27)/b24-20-. The maximum atomic E-state index is 12.3. The molecule has 5 heteroatoms. The van der Waals surface area contributed by atoms with Crippen LogP contribution in [-0.4, -0.2) is 17.5 Å². The van der Waals surface area contributed by atoms with E-state index in [2.05, 4.69) is 28.5 Å². The number of nitrogens with one attached hydrogen (secondary N) is 2. The van der Waals surface area contributed by atoms with E-state index in [1.807, 2.05) is 27.7 Å². The number of carbonyl (C=O) groups excluding carboxylic acids is 2. The Balaban J connectivity index is 1.98. The Labute approximate surface area is 161 Å². The molecule has 2 rings (SSSR count). The van der Waals surface area contributed by atoms with Crippen molar-refractivity contribution in [2.24, 2.45) is 16.9 Å². The van der Waals surface area contributed by atoms with Gasteiger partial charge in [0.05, 0.1) is 5.71 Å². The Bertz CT molecular complexity index is 773. The lowest BCUT2D eigenvalue weighted by molar-refractivity contribution is -0.116. The van der Waals surface area contributed by atoms with Gasteiger partial charge in [-0.25, -0.2) is 5.43 Å². The van der Waals surface area contributed by atoms with E-state index in [0.29, 0.717) is 29.5 Å². The average molecular weight is 367 g/mol.